The van der Waals surface area contributed by atoms with E-state index in [2.05, 4.69) is 50.3 Å². The topological polar surface area (TPSA) is 152 Å². The fourth-order valence-corrected chi connectivity index (χ4v) is 7.15. The van der Waals surface area contributed by atoms with Gasteiger partial charge in [-0.05, 0) is 70.6 Å². The smallest absolute Gasteiger partial charge is 0.306 e. The summed E-state index contributed by atoms with van der Waals surface area (Å²) in [6.07, 6.45) is 38.7. The van der Waals surface area contributed by atoms with E-state index in [1.165, 1.54) is 122 Å². The highest BCUT2D eigenvalue weighted by atomic mass is 16.7. The van der Waals surface area contributed by atoms with E-state index >= 15 is 0 Å². The summed E-state index contributed by atoms with van der Waals surface area (Å²) in [7, 11) is 0. The molecule has 1 aliphatic heterocycles. The molecule has 0 aromatic heterocycles. The van der Waals surface area contributed by atoms with Crippen LogP contribution in [0.25, 0.3) is 0 Å². The number of ether oxygens (including phenoxy) is 4. The van der Waals surface area contributed by atoms with Gasteiger partial charge in [0, 0.05) is 12.8 Å². The SMILES string of the molecule is CCCCCCCC/C=C/C/C=C/CCCCC(=O)OC[C@H](CO[C@@H]1O[C@H](CO)[C@H](O)C(O)C1O)OC(=O)CCCCCCCCCCC/C=C/CCCCCCCC. The molecule has 0 bridgehead atoms. The lowest BCUT2D eigenvalue weighted by molar-refractivity contribution is -0.305. The van der Waals surface area contributed by atoms with E-state index in [0.29, 0.717) is 12.8 Å². The van der Waals surface area contributed by atoms with Gasteiger partial charge in [0.05, 0.1) is 13.2 Å². The van der Waals surface area contributed by atoms with Crippen molar-refractivity contribution in [1.29, 1.82) is 0 Å². The van der Waals surface area contributed by atoms with Crippen LogP contribution in [0.4, 0.5) is 0 Å². The Morgan fingerprint density at radius 3 is 1.46 bits per heavy atom. The van der Waals surface area contributed by atoms with Gasteiger partial charge in [-0.1, -0.05) is 159 Å². The standard InChI is InChI=1S/C49H88O10/c1-3-5-7-9-11-13-15-17-19-20-21-22-24-26-28-30-32-34-36-38-45(52)58-42(41-57-49-48(55)47(54)46(53)43(39-50)59-49)40-56-44(51)37-35-33-31-29-27-25-23-18-16-14-12-10-8-6-4-2/h17-19,23,27,29,42-43,46-50,53-55H,3-16,20-22,24-26,28,30-41H2,1-2H3/b19-17+,23-18+,29-27+/t42-,43-,46+,47?,48?,49-/m1/s1. The molecule has 0 radical (unpaired) electrons. The monoisotopic (exact) mass is 837 g/mol. The highest BCUT2D eigenvalue weighted by Gasteiger charge is 2.44. The number of hydrogen-bond donors (Lipinski definition) is 4. The van der Waals surface area contributed by atoms with Crippen LogP contribution in [-0.4, -0.2) is 89.0 Å². The molecule has 1 fully saturated rings. The molecule has 0 aliphatic carbocycles. The van der Waals surface area contributed by atoms with Crippen molar-refractivity contribution in [2.24, 2.45) is 0 Å². The highest BCUT2D eigenvalue weighted by Crippen LogP contribution is 2.23. The fourth-order valence-electron chi connectivity index (χ4n) is 7.15. The number of allylic oxidation sites excluding steroid dienone is 6. The van der Waals surface area contributed by atoms with E-state index in [1.54, 1.807) is 0 Å². The molecule has 59 heavy (non-hydrogen) atoms. The van der Waals surface area contributed by atoms with Gasteiger partial charge in [-0.2, -0.15) is 0 Å². The number of unbranched alkanes of at least 4 members (excludes halogenated alkanes) is 23. The Labute approximate surface area is 359 Å². The zero-order chi connectivity index (χ0) is 43.0. The molecule has 344 valence electrons. The van der Waals surface area contributed by atoms with Crippen molar-refractivity contribution in [1.82, 2.24) is 0 Å². The summed E-state index contributed by atoms with van der Waals surface area (Å²) in [6.45, 7) is 3.39. The van der Waals surface area contributed by atoms with Crippen molar-refractivity contribution >= 4 is 11.9 Å². The normalized spacial score (nSPS) is 20.3. The summed E-state index contributed by atoms with van der Waals surface area (Å²) < 4.78 is 22.2. The van der Waals surface area contributed by atoms with Gasteiger partial charge in [-0.25, -0.2) is 0 Å². The lowest BCUT2D eigenvalue weighted by atomic mass is 9.99. The molecule has 10 heteroatoms. The second-order valence-corrected chi connectivity index (χ2v) is 16.6. The lowest BCUT2D eigenvalue weighted by Gasteiger charge is -2.39. The van der Waals surface area contributed by atoms with Crippen LogP contribution in [0.3, 0.4) is 0 Å². The van der Waals surface area contributed by atoms with Gasteiger partial charge in [-0.15, -0.1) is 0 Å². The molecule has 2 unspecified atom stereocenters. The van der Waals surface area contributed by atoms with E-state index in [-0.39, 0.29) is 26.1 Å². The first-order valence-corrected chi connectivity index (χ1v) is 24.1. The predicted octanol–water partition coefficient (Wildman–Crippen LogP) is 10.7. The van der Waals surface area contributed by atoms with Gasteiger partial charge in [0.25, 0.3) is 0 Å². The van der Waals surface area contributed by atoms with Crippen molar-refractivity contribution in [2.45, 2.75) is 243 Å². The molecule has 1 rings (SSSR count). The fraction of sp³-hybridized carbons (Fsp3) is 0.837. The minimum Gasteiger partial charge on any atom is -0.462 e. The summed E-state index contributed by atoms with van der Waals surface area (Å²) in [6, 6.07) is 0. The number of aliphatic hydroxyl groups excluding tert-OH is 4. The van der Waals surface area contributed by atoms with Crippen LogP contribution >= 0.6 is 0 Å². The summed E-state index contributed by atoms with van der Waals surface area (Å²) in [5.74, 6) is -0.843. The van der Waals surface area contributed by atoms with Gasteiger partial charge >= 0.3 is 11.9 Å². The van der Waals surface area contributed by atoms with Crippen molar-refractivity contribution < 1.29 is 49.0 Å². The average Bonchev–Trinajstić information content (AvgIpc) is 3.23. The van der Waals surface area contributed by atoms with Gasteiger partial charge in [-0.3, -0.25) is 9.59 Å². The Morgan fingerprint density at radius 2 is 0.949 bits per heavy atom. The quantitative estimate of drug-likeness (QED) is 0.0267. The Morgan fingerprint density at radius 1 is 0.525 bits per heavy atom. The Balaban J connectivity index is 2.31. The largest absolute Gasteiger partial charge is 0.462 e. The maximum atomic E-state index is 12.8. The zero-order valence-electron chi connectivity index (χ0n) is 37.5. The summed E-state index contributed by atoms with van der Waals surface area (Å²) in [4.78, 5) is 25.4. The summed E-state index contributed by atoms with van der Waals surface area (Å²) in [5, 5.41) is 40.1. The third-order valence-corrected chi connectivity index (χ3v) is 11.0. The molecule has 0 saturated carbocycles. The van der Waals surface area contributed by atoms with E-state index in [4.69, 9.17) is 18.9 Å². The first-order chi connectivity index (χ1) is 28.8. The Bertz CT molecular complexity index is 1060. The number of rotatable bonds is 40. The second kappa shape index (κ2) is 40.0. The molecule has 1 aliphatic rings. The van der Waals surface area contributed by atoms with Crippen molar-refractivity contribution in [3.63, 3.8) is 0 Å². The summed E-state index contributed by atoms with van der Waals surface area (Å²) >= 11 is 0. The lowest BCUT2D eigenvalue weighted by Crippen LogP contribution is -2.59. The predicted molar refractivity (Wildman–Crippen MR) is 238 cm³/mol. The number of carbonyl (C=O) groups excluding carboxylic acids is 2. The number of esters is 2. The first kappa shape index (κ1) is 54.9. The van der Waals surface area contributed by atoms with Crippen LogP contribution in [0.2, 0.25) is 0 Å². The molecule has 1 saturated heterocycles. The molecule has 0 amide bonds. The van der Waals surface area contributed by atoms with Crippen molar-refractivity contribution in [2.75, 3.05) is 19.8 Å². The zero-order valence-corrected chi connectivity index (χ0v) is 37.5. The van der Waals surface area contributed by atoms with Crippen LogP contribution < -0.4 is 0 Å². The van der Waals surface area contributed by atoms with Crippen LogP contribution in [0.15, 0.2) is 36.5 Å². The minimum atomic E-state index is -1.60. The molecule has 0 aromatic rings. The first-order valence-electron chi connectivity index (χ1n) is 24.1. The third kappa shape index (κ3) is 31.4. The van der Waals surface area contributed by atoms with Crippen LogP contribution in [0, 0.1) is 0 Å². The molecule has 0 aromatic carbocycles. The Kier molecular flexibility index (Phi) is 37.3. The van der Waals surface area contributed by atoms with Crippen molar-refractivity contribution in [3.8, 4) is 0 Å². The maximum Gasteiger partial charge on any atom is 0.306 e. The molecule has 10 nitrogen and oxygen atoms in total. The van der Waals surface area contributed by atoms with Crippen molar-refractivity contribution in [3.05, 3.63) is 36.5 Å². The Hall–Kier alpha value is -2.08. The number of aliphatic hydroxyl groups is 4. The average molecular weight is 837 g/mol. The molecule has 4 N–H and O–H groups in total. The van der Waals surface area contributed by atoms with E-state index < -0.39 is 55.4 Å². The van der Waals surface area contributed by atoms with Gasteiger partial charge < -0.3 is 39.4 Å². The minimum absolute atomic E-state index is 0.222. The van der Waals surface area contributed by atoms with Gasteiger partial charge in [0.15, 0.2) is 12.4 Å². The van der Waals surface area contributed by atoms with Gasteiger partial charge in [0.1, 0.15) is 31.0 Å². The van der Waals surface area contributed by atoms with Crippen LogP contribution in [0.5, 0.6) is 0 Å². The molecule has 6 atom stereocenters. The molecular weight excluding hydrogens is 749 g/mol. The molecule has 1 heterocycles. The van der Waals surface area contributed by atoms with Gasteiger partial charge in [0.2, 0.25) is 0 Å². The number of hydrogen-bond acceptors (Lipinski definition) is 10. The van der Waals surface area contributed by atoms with E-state index in [0.717, 1.165) is 44.9 Å². The van der Waals surface area contributed by atoms with E-state index in [9.17, 15) is 30.0 Å². The molecule has 0 spiro atoms. The van der Waals surface area contributed by atoms with Crippen LogP contribution in [-0.2, 0) is 28.5 Å². The number of carbonyl (C=O) groups is 2. The van der Waals surface area contributed by atoms with E-state index in [1.807, 2.05) is 0 Å². The van der Waals surface area contributed by atoms with Crippen LogP contribution in [0.1, 0.15) is 206 Å². The highest BCUT2D eigenvalue weighted by molar-refractivity contribution is 5.70. The molecular formula is C49H88O10. The maximum absolute atomic E-state index is 12.8. The second-order valence-electron chi connectivity index (χ2n) is 16.6. The summed E-state index contributed by atoms with van der Waals surface area (Å²) in [5.41, 5.74) is 0. The third-order valence-electron chi connectivity index (χ3n) is 11.0.